The fraction of sp³-hybridized carbons (Fsp3) is 0.394. The van der Waals surface area contributed by atoms with Crippen LogP contribution in [0.3, 0.4) is 0 Å². The van der Waals surface area contributed by atoms with Gasteiger partial charge in [0.05, 0.1) is 24.8 Å². The van der Waals surface area contributed by atoms with E-state index in [0.717, 1.165) is 15.4 Å². The van der Waals surface area contributed by atoms with E-state index in [1.165, 1.54) is 37.3 Å². The number of rotatable bonds is 15. The molecule has 0 aliphatic carbocycles. The van der Waals surface area contributed by atoms with E-state index in [1.54, 1.807) is 24.3 Å². The molecule has 0 spiro atoms. The second-order valence-electron chi connectivity index (χ2n) is 10.7. The second-order valence-corrected chi connectivity index (χ2v) is 12.6. The van der Waals surface area contributed by atoms with Crippen molar-refractivity contribution in [1.29, 1.82) is 0 Å². The fourth-order valence-electron chi connectivity index (χ4n) is 4.66. The Morgan fingerprint density at radius 3 is 2.14 bits per heavy atom. The van der Waals surface area contributed by atoms with E-state index >= 15 is 0 Å². The zero-order chi connectivity index (χ0) is 31.6. The van der Waals surface area contributed by atoms with Gasteiger partial charge in [0.1, 0.15) is 12.6 Å². The highest BCUT2D eigenvalue weighted by Gasteiger charge is 2.34. The number of ether oxygens (including phenoxy) is 2. The molecule has 232 valence electrons. The number of aryl methyl sites for hydroxylation is 1. The maximum Gasteiger partial charge on any atom is 0.264 e. The molecule has 0 saturated carbocycles. The molecule has 0 saturated heterocycles. The lowest BCUT2D eigenvalue weighted by molar-refractivity contribution is -0.139. The topological polar surface area (TPSA) is 105 Å². The monoisotopic (exact) mass is 609 g/mol. The Hall–Kier alpha value is -4.05. The van der Waals surface area contributed by atoms with Crippen LogP contribution in [0.5, 0.6) is 11.5 Å². The minimum atomic E-state index is -4.20. The normalized spacial score (nSPS) is 12.0. The van der Waals surface area contributed by atoms with Crippen LogP contribution in [-0.2, 0) is 26.0 Å². The average Bonchev–Trinajstić information content (AvgIpc) is 3.00. The molecule has 3 aromatic carbocycles. The van der Waals surface area contributed by atoms with Crippen molar-refractivity contribution in [3.63, 3.8) is 0 Å². The molecule has 43 heavy (non-hydrogen) atoms. The molecule has 1 atom stereocenters. The molecular formula is C33H43N3O6S. The van der Waals surface area contributed by atoms with Crippen molar-refractivity contribution in [1.82, 2.24) is 10.2 Å². The first-order chi connectivity index (χ1) is 20.5. The van der Waals surface area contributed by atoms with Gasteiger partial charge >= 0.3 is 0 Å². The third-order valence-electron chi connectivity index (χ3n) is 7.10. The van der Waals surface area contributed by atoms with Crippen molar-refractivity contribution in [2.45, 2.75) is 51.5 Å². The van der Waals surface area contributed by atoms with E-state index < -0.39 is 28.5 Å². The number of carbonyl (C=O) groups is 2. The third-order valence-corrected chi connectivity index (χ3v) is 8.89. The van der Waals surface area contributed by atoms with E-state index in [-0.39, 0.29) is 29.0 Å². The predicted octanol–water partition coefficient (Wildman–Crippen LogP) is 4.83. The van der Waals surface area contributed by atoms with E-state index in [1.807, 2.05) is 58.0 Å². The summed E-state index contributed by atoms with van der Waals surface area (Å²) in [4.78, 5) is 29.1. The lowest BCUT2D eigenvalue weighted by atomic mass is 10.1. The Morgan fingerprint density at radius 2 is 1.56 bits per heavy atom. The standard InChI is InChI=1S/C33H43N3O6S/c1-7-29(33(38)34-22-24(2)3)35(20-19-26-11-9-8-10-12-26)32(37)23-36(27-15-18-30(41-5)31(21-27)42-6)43(39,40)28-16-13-25(4)14-17-28/h8-18,21,24,29H,7,19-20,22-23H2,1-6H3,(H,34,38)/t29-/m1/s1. The lowest BCUT2D eigenvalue weighted by Gasteiger charge is -2.33. The first-order valence-electron chi connectivity index (χ1n) is 14.4. The summed E-state index contributed by atoms with van der Waals surface area (Å²) < 4.78 is 40.0. The number of carbonyl (C=O) groups excluding carboxylic acids is 2. The molecule has 2 amide bonds. The molecule has 10 heteroatoms. The van der Waals surface area contributed by atoms with Crippen LogP contribution >= 0.6 is 0 Å². The number of anilines is 1. The summed E-state index contributed by atoms with van der Waals surface area (Å²) in [5.41, 5.74) is 2.13. The van der Waals surface area contributed by atoms with E-state index in [2.05, 4.69) is 5.32 Å². The zero-order valence-corrected chi connectivity index (χ0v) is 26.7. The summed E-state index contributed by atoms with van der Waals surface area (Å²) in [7, 11) is -1.25. The summed E-state index contributed by atoms with van der Waals surface area (Å²) in [6, 6.07) is 20.0. The van der Waals surface area contributed by atoms with Crippen LogP contribution in [0, 0.1) is 12.8 Å². The van der Waals surface area contributed by atoms with Crippen molar-refractivity contribution in [3.8, 4) is 11.5 Å². The Balaban J connectivity index is 2.06. The Kier molecular flexibility index (Phi) is 12.0. The van der Waals surface area contributed by atoms with E-state index in [9.17, 15) is 18.0 Å². The lowest BCUT2D eigenvalue weighted by Crippen LogP contribution is -2.53. The average molecular weight is 610 g/mol. The molecule has 0 heterocycles. The maximum atomic E-state index is 14.2. The number of methoxy groups -OCH3 is 2. The van der Waals surface area contributed by atoms with E-state index in [0.29, 0.717) is 30.9 Å². The number of nitrogens with one attached hydrogen (secondary N) is 1. The highest BCUT2D eigenvalue weighted by atomic mass is 32.2. The number of nitrogens with zero attached hydrogens (tertiary/aromatic N) is 2. The Bertz CT molecular complexity index is 1460. The summed E-state index contributed by atoms with van der Waals surface area (Å²) in [6.07, 6.45) is 0.868. The van der Waals surface area contributed by atoms with E-state index in [4.69, 9.17) is 9.47 Å². The maximum absolute atomic E-state index is 14.2. The molecule has 0 aliphatic rings. The zero-order valence-electron chi connectivity index (χ0n) is 25.9. The van der Waals surface area contributed by atoms with Crippen LogP contribution in [0.2, 0.25) is 0 Å². The SMILES string of the molecule is CC[C@H](C(=O)NCC(C)C)N(CCc1ccccc1)C(=O)CN(c1ccc(OC)c(OC)c1)S(=O)(=O)c1ccc(C)cc1. The molecule has 0 aromatic heterocycles. The molecule has 0 fully saturated rings. The van der Waals surface area contributed by atoms with Gasteiger partial charge in [-0.05, 0) is 55.5 Å². The van der Waals surface area contributed by atoms with Crippen molar-refractivity contribution in [3.05, 3.63) is 83.9 Å². The van der Waals surface area contributed by atoms with Gasteiger partial charge in [0.2, 0.25) is 11.8 Å². The van der Waals surface area contributed by atoms with Gasteiger partial charge < -0.3 is 19.7 Å². The number of hydrogen-bond donors (Lipinski definition) is 1. The van der Waals surface area contributed by atoms with Gasteiger partial charge in [-0.1, -0.05) is 68.8 Å². The summed E-state index contributed by atoms with van der Waals surface area (Å²) >= 11 is 0. The minimum Gasteiger partial charge on any atom is -0.493 e. The number of benzene rings is 3. The highest BCUT2D eigenvalue weighted by molar-refractivity contribution is 7.92. The van der Waals surface area contributed by atoms with Gasteiger partial charge in [0.15, 0.2) is 11.5 Å². The third kappa shape index (κ3) is 8.73. The molecule has 9 nitrogen and oxygen atoms in total. The molecular weight excluding hydrogens is 566 g/mol. The van der Waals surface area contributed by atoms with Crippen molar-refractivity contribution in [2.75, 3.05) is 38.2 Å². The van der Waals surface area contributed by atoms with Crippen LogP contribution in [0.25, 0.3) is 0 Å². The van der Waals surface area contributed by atoms with Gasteiger partial charge in [-0.25, -0.2) is 8.42 Å². The van der Waals surface area contributed by atoms with Crippen LogP contribution in [0.15, 0.2) is 77.7 Å². The Labute approximate surface area is 255 Å². The predicted molar refractivity (Wildman–Crippen MR) is 169 cm³/mol. The molecule has 0 unspecified atom stereocenters. The van der Waals surface area contributed by atoms with Crippen LogP contribution in [0.1, 0.15) is 38.3 Å². The first-order valence-corrected chi connectivity index (χ1v) is 15.9. The van der Waals surface area contributed by atoms with Crippen molar-refractivity contribution in [2.24, 2.45) is 5.92 Å². The van der Waals surface area contributed by atoms with Crippen LogP contribution in [0.4, 0.5) is 5.69 Å². The van der Waals surface area contributed by atoms with Crippen LogP contribution in [-0.4, -0.2) is 65.0 Å². The summed E-state index contributed by atoms with van der Waals surface area (Å²) in [6.45, 7) is 7.89. The largest absolute Gasteiger partial charge is 0.493 e. The fourth-order valence-corrected chi connectivity index (χ4v) is 6.07. The number of hydrogen-bond acceptors (Lipinski definition) is 6. The van der Waals surface area contributed by atoms with Crippen LogP contribution < -0.4 is 19.1 Å². The van der Waals surface area contributed by atoms with Gasteiger partial charge in [0.25, 0.3) is 10.0 Å². The second kappa shape index (κ2) is 15.4. The van der Waals surface area contributed by atoms with Gasteiger partial charge in [0, 0.05) is 19.2 Å². The summed E-state index contributed by atoms with van der Waals surface area (Å²) in [5.74, 6) is 0.208. The minimum absolute atomic E-state index is 0.0400. The molecule has 0 radical (unpaired) electrons. The molecule has 0 bridgehead atoms. The quantitative estimate of drug-likeness (QED) is 0.265. The Morgan fingerprint density at radius 1 is 0.907 bits per heavy atom. The van der Waals surface area contributed by atoms with Crippen molar-refractivity contribution < 1.29 is 27.5 Å². The smallest absolute Gasteiger partial charge is 0.264 e. The van der Waals surface area contributed by atoms with Gasteiger partial charge in [-0.15, -0.1) is 0 Å². The summed E-state index contributed by atoms with van der Waals surface area (Å²) in [5, 5.41) is 2.95. The highest BCUT2D eigenvalue weighted by Crippen LogP contribution is 2.34. The molecule has 0 aliphatic heterocycles. The molecule has 3 rings (SSSR count). The number of amides is 2. The molecule has 1 N–H and O–H groups in total. The first kappa shape index (κ1) is 33.5. The van der Waals surface area contributed by atoms with Gasteiger partial charge in [-0.2, -0.15) is 0 Å². The van der Waals surface area contributed by atoms with Crippen molar-refractivity contribution >= 4 is 27.5 Å². The van der Waals surface area contributed by atoms with Gasteiger partial charge in [-0.3, -0.25) is 13.9 Å². The molecule has 3 aromatic rings. The number of sulfonamides is 1.